The highest BCUT2D eigenvalue weighted by atomic mass is 79.9. The summed E-state index contributed by atoms with van der Waals surface area (Å²) in [6.45, 7) is 2.63. The summed E-state index contributed by atoms with van der Waals surface area (Å²) in [5, 5.41) is 32.8. The maximum atomic E-state index is 11.6. The van der Waals surface area contributed by atoms with Crippen molar-refractivity contribution in [3.63, 3.8) is 0 Å². The lowest BCUT2D eigenvalue weighted by Crippen LogP contribution is -2.34. The fourth-order valence-electron chi connectivity index (χ4n) is 7.14. The molecule has 0 spiro atoms. The molecule has 0 bridgehead atoms. The molecule has 2 atom stereocenters. The number of pyridine rings is 4. The van der Waals surface area contributed by atoms with Crippen molar-refractivity contribution >= 4 is 58.6 Å². The third-order valence-electron chi connectivity index (χ3n) is 10.7. The van der Waals surface area contributed by atoms with E-state index in [2.05, 4.69) is 51.2 Å². The Labute approximate surface area is 381 Å². The number of H-pyrrole nitrogens is 1. The number of aromatic nitrogens is 8. The number of nitrogens with two attached hydrogens (primary N) is 2. The summed E-state index contributed by atoms with van der Waals surface area (Å²) in [7, 11) is -5.99. The average Bonchev–Trinajstić information content (AvgIpc) is 3.94. The zero-order valence-electron chi connectivity index (χ0n) is 35.0. The van der Waals surface area contributed by atoms with Gasteiger partial charge >= 0.3 is 11.4 Å². The SMILES string of the molecule is CS(=O)(=O)CCC(c1ccc(-n2cc(-c3ccnc(N)c3[N+](=O)[O-])cn2)nc1)C1COC1.CS(=O)(=O)CCC(c1ccc(Br)nc1)C1COC1.Nc1nccc(-c2cn[nH]c2)c1[N+](=O)[O-]. The van der Waals surface area contributed by atoms with E-state index in [9.17, 15) is 37.1 Å². The van der Waals surface area contributed by atoms with E-state index in [1.807, 2.05) is 24.4 Å². The van der Waals surface area contributed by atoms with Crippen molar-refractivity contribution in [2.75, 3.05) is 61.9 Å². The van der Waals surface area contributed by atoms with Gasteiger partial charge in [0.1, 0.15) is 24.3 Å². The summed E-state index contributed by atoms with van der Waals surface area (Å²) in [4.78, 5) is 37.2. The Kier molecular flexibility index (Phi) is 15.7. The lowest BCUT2D eigenvalue weighted by molar-refractivity contribution is -0.383. The van der Waals surface area contributed by atoms with Crippen molar-refractivity contribution in [3.8, 4) is 28.1 Å². The molecule has 6 aromatic heterocycles. The van der Waals surface area contributed by atoms with Crippen LogP contribution in [0.1, 0.15) is 35.8 Å². The van der Waals surface area contributed by atoms with Gasteiger partial charge in [0, 0.05) is 72.7 Å². The van der Waals surface area contributed by atoms with Crippen LogP contribution in [0.2, 0.25) is 0 Å². The van der Waals surface area contributed by atoms with E-state index in [1.165, 1.54) is 54.1 Å². The number of halogens is 1. The van der Waals surface area contributed by atoms with E-state index >= 15 is 0 Å². The van der Waals surface area contributed by atoms with E-state index in [4.69, 9.17) is 20.9 Å². The quantitative estimate of drug-likeness (QED) is 0.0695. The van der Waals surface area contributed by atoms with Gasteiger partial charge in [-0.25, -0.2) is 41.5 Å². The number of nitro groups is 2. The van der Waals surface area contributed by atoms with Gasteiger partial charge in [-0.05, 0) is 76.0 Å². The van der Waals surface area contributed by atoms with Gasteiger partial charge in [0.25, 0.3) is 0 Å². The highest BCUT2D eigenvalue weighted by molar-refractivity contribution is 9.10. The number of anilines is 2. The third-order valence-corrected chi connectivity index (χ3v) is 13.1. The van der Waals surface area contributed by atoms with Crippen molar-refractivity contribution < 1.29 is 36.2 Å². The number of nitrogens with one attached hydrogen (secondary N) is 1. The van der Waals surface area contributed by atoms with Crippen molar-refractivity contribution in [1.29, 1.82) is 0 Å². The molecule has 2 saturated heterocycles. The minimum atomic E-state index is -3.07. The Morgan fingerprint density at radius 1 is 0.738 bits per heavy atom. The second-order valence-electron chi connectivity index (χ2n) is 15.4. The molecule has 2 aliphatic rings. The molecule has 0 saturated carbocycles. The third kappa shape index (κ3) is 12.9. The second-order valence-corrected chi connectivity index (χ2v) is 20.7. The van der Waals surface area contributed by atoms with Gasteiger partial charge in [-0.2, -0.15) is 10.2 Å². The van der Waals surface area contributed by atoms with Crippen molar-refractivity contribution in [3.05, 3.63) is 122 Å². The molecular formula is C40H45BrN12O10S2. The molecule has 65 heavy (non-hydrogen) atoms. The van der Waals surface area contributed by atoms with Crippen LogP contribution in [0.3, 0.4) is 0 Å². The Morgan fingerprint density at radius 2 is 1.25 bits per heavy atom. The van der Waals surface area contributed by atoms with Crippen LogP contribution in [-0.2, 0) is 29.1 Å². The van der Waals surface area contributed by atoms with Gasteiger partial charge in [0.15, 0.2) is 5.82 Å². The van der Waals surface area contributed by atoms with E-state index in [-0.39, 0.29) is 52.3 Å². The van der Waals surface area contributed by atoms with E-state index < -0.39 is 29.5 Å². The molecule has 5 N–H and O–H groups in total. The molecule has 2 fully saturated rings. The first kappa shape index (κ1) is 48.2. The molecule has 2 aliphatic heterocycles. The highest BCUT2D eigenvalue weighted by Gasteiger charge is 2.32. The van der Waals surface area contributed by atoms with E-state index in [1.54, 1.807) is 24.7 Å². The molecule has 0 aliphatic carbocycles. The zero-order chi connectivity index (χ0) is 46.9. The zero-order valence-corrected chi connectivity index (χ0v) is 38.2. The summed E-state index contributed by atoms with van der Waals surface area (Å²) in [5.74, 6) is 1.51. The molecule has 22 nitrogen and oxygen atoms in total. The molecule has 6 aromatic rings. The van der Waals surface area contributed by atoms with Crippen LogP contribution in [0.5, 0.6) is 0 Å². The van der Waals surface area contributed by atoms with E-state index in [0.29, 0.717) is 73.3 Å². The number of ether oxygens (including phenoxy) is 2. The predicted molar refractivity (Wildman–Crippen MR) is 243 cm³/mol. The lowest BCUT2D eigenvalue weighted by atomic mass is 9.83. The van der Waals surface area contributed by atoms with Gasteiger partial charge in [0.2, 0.25) is 11.6 Å². The normalized spacial score (nSPS) is 14.9. The highest BCUT2D eigenvalue weighted by Crippen LogP contribution is 2.36. The topological polar surface area (TPSA) is 323 Å². The number of hydrogen-bond donors (Lipinski definition) is 3. The molecule has 344 valence electrons. The fraction of sp³-hybridized carbons (Fsp3) is 0.350. The van der Waals surface area contributed by atoms with E-state index in [0.717, 1.165) is 15.7 Å². The number of hydrogen-bond acceptors (Lipinski definition) is 18. The summed E-state index contributed by atoms with van der Waals surface area (Å²) >= 11 is 3.30. The second kappa shape index (κ2) is 21.1. The molecule has 0 amide bonds. The first-order chi connectivity index (χ1) is 30.9. The number of sulfone groups is 2. The van der Waals surface area contributed by atoms with Gasteiger partial charge in [-0.1, -0.05) is 12.1 Å². The fourth-order valence-corrected chi connectivity index (χ4v) is 8.74. The molecule has 2 unspecified atom stereocenters. The molecule has 0 radical (unpaired) electrons. The standard InChI is InChI=1S/C20H22N6O5S.C12H16BrNO3S.C8H7N5O2/c1-32(29,30)7-5-16(15-11-31-12-15)13-2-3-18(23-8-13)25-10-14(9-24-25)17-4-6-22-20(21)19(17)26(27)28;1-18(15,16)5-4-11(10-7-17-8-10)9-2-3-12(13)14-6-9;9-8-7(13(14)15)6(1-2-10-8)5-3-11-12-4-5/h2-4,6,8-10,15-16H,5,7,11-12H2,1H3,(H2,21,22);2-3,6,10-11H,4-5,7-8H2,1H3;1-4H,(H2,9,10)(H,11,12). The van der Waals surface area contributed by atoms with Crippen molar-refractivity contribution in [2.24, 2.45) is 11.8 Å². The van der Waals surface area contributed by atoms with Crippen LogP contribution in [0.15, 0.2) is 90.6 Å². The summed E-state index contributed by atoms with van der Waals surface area (Å²) in [6, 6.07) is 10.6. The van der Waals surface area contributed by atoms with Crippen LogP contribution >= 0.6 is 15.9 Å². The first-order valence-electron chi connectivity index (χ1n) is 19.8. The van der Waals surface area contributed by atoms with Crippen LogP contribution in [0, 0.1) is 32.1 Å². The Bertz CT molecular complexity index is 2810. The number of rotatable bonds is 15. The molecule has 25 heteroatoms. The van der Waals surface area contributed by atoms with Crippen molar-refractivity contribution in [1.82, 2.24) is 39.9 Å². The van der Waals surface area contributed by atoms with Crippen LogP contribution < -0.4 is 11.5 Å². The van der Waals surface area contributed by atoms with Crippen LogP contribution in [0.25, 0.3) is 28.1 Å². The predicted octanol–water partition coefficient (Wildman–Crippen LogP) is 4.96. The summed E-state index contributed by atoms with van der Waals surface area (Å²) in [6.07, 6.45) is 16.2. The summed E-state index contributed by atoms with van der Waals surface area (Å²) < 4.78 is 58.7. The number of nitrogens with zero attached hydrogens (tertiary/aromatic N) is 9. The van der Waals surface area contributed by atoms with Gasteiger partial charge in [-0.15, -0.1) is 0 Å². The van der Waals surface area contributed by atoms with Crippen LogP contribution in [0.4, 0.5) is 23.0 Å². The maximum Gasteiger partial charge on any atom is 0.319 e. The van der Waals surface area contributed by atoms with Crippen LogP contribution in [-0.4, -0.2) is 117 Å². The minimum Gasteiger partial charge on any atom is -0.381 e. The molecular weight excluding hydrogens is 953 g/mol. The number of nitrogen functional groups attached to an aromatic ring is 2. The van der Waals surface area contributed by atoms with Gasteiger partial charge in [-0.3, -0.25) is 25.3 Å². The molecule has 8 heterocycles. The Morgan fingerprint density at radius 3 is 1.65 bits per heavy atom. The van der Waals surface area contributed by atoms with Gasteiger partial charge < -0.3 is 20.9 Å². The summed E-state index contributed by atoms with van der Waals surface area (Å²) in [5.41, 5.74) is 14.5. The maximum absolute atomic E-state index is 11.6. The van der Waals surface area contributed by atoms with Gasteiger partial charge in [0.05, 0.1) is 71.3 Å². The Balaban J connectivity index is 0.000000178. The first-order valence-corrected chi connectivity index (χ1v) is 24.7. The minimum absolute atomic E-state index is 0.0376. The average molecular weight is 998 g/mol. The molecule has 8 rings (SSSR count). The lowest BCUT2D eigenvalue weighted by Gasteiger charge is -2.34. The van der Waals surface area contributed by atoms with Crippen molar-refractivity contribution in [2.45, 2.75) is 24.7 Å². The number of aromatic amines is 1. The Hall–Kier alpha value is -6.28. The largest absolute Gasteiger partial charge is 0.381 e. The molecule has 0 aromatic carbocycles. The smallest absolute Gasteiger partial charge is 0.319 e. The monoisotopic (exact) mass is 996 g/mol.